The monoisotopic (exact) mass is 340 g/mol. The van der Waals surface area contributed by atoms with Gasteiger partial charge in [0.05, 0.1) is 13.2 Å². The first-order valence-electron chi connectivity index (χ1n) is 6.97. The molecular weight excluding hydrogens is 320 g/mol. The van der Waals surface area contributed by atoms with Gasteiger partial charge in [0.15, 0.2) is 0 Å². The molecule has 1 aliphatic heterocycles. The average molecular weight is 341 g/mol. The Hall–Kier alpha value is -1.07. The number of benzene rings is 1. The Morgan fingerprint density at radius 3 is 2.75 bits per heavy atom. The number of carbonyl (C=O) groups is 1. The zero-order valence-corrected chi connectivity index (χ0v) is 13.6. The zero-order chi connectivity index (χ0) is 14.5. The SMILES string of the molecule is CC(C)C(=O)NCc1ccc(Br)cc1N1CCOCC1. The minimum atomic E-state index is 0.0114. The molecule has 0 saturated carbocycles. The third-order valence-electron chi connectivity index (χ3n) is 3.38. The first-order chi connectivity index (χ1) is 9.58. The fraction of sp³-hybridized carbons (Fsp3) is 0.533. The normalized spacial score (nSPS) is 15.5. The van der Waals surface area contributed by atoms with Gasteiger partial charge in [-0.15, -0.1) is 0 Å². The van der Waals surface area contributed by atoms with Crippen LogP contribution in [0.4, 0.5) is 5.69 Å². The maximum Gasteiger partial charge on any atom is 0.222 e. The molecule has 2 rings (SSSR count). The second kappa shape index (κ2) is 7.09. The van der Waals surface area contributed by atoms with E-state index in [9.17, 15) is 4.79 Å². The summed E-state index contributed by atoms with van der Waals surface area (Å²) in [4.78, 5) is 14.0. The van der Waals surface area contributed by atoms with E-state index in [2.05, 4.69) is 38.3 Å². The first kappa shape index (κ1) is 15.3. The smallest absolute Gasteiger partial charge is 0.222 e. The second-order valence-corrected chi connectivity index (χ2v) is 6.16. The molecule has 0 atom stereocenters. The number of rotatable bonds is 4. The van der Waals surface area contributed by atoms with Gasteiger partial charge in [0, 0.05) is 35.7 Å². The molecule has 0 aromatic heterocycles. The second-order valence-electron chi connectivity index (χ2n) is 5.24. The third-order valence-corrected chi connectivity index (χ3v) is 3.87. The maximum absolute atomic E-state index is 11.7. The molecule has 4 nitrogen and oxygen atoms in total. The fourth-order valence-corrected chi connectivity index (χ4v) is 2.52. The summed E-state index contributed by atoms with van der Waals surface area (Å²) in [7, 11) is 0. The van der Waals surface area contributed by atoms with Crippen LogP contribution in [0.15, 0.2) is 22.7 Å². The minimum absolute atomic E-state index is 0.0114. The van der Waals surface area contributed by atoms with Gasteiger partial charge in [-0.1, -0.05) is 35.8 Å². The van der Waals surface area contributed by atoms with Gasteiger partial charge in [-0.25, -0.2) is 0 Å². The molecule has 5 heteroatoms. The fourth-order valence-electron chi connectivity index (χ4n) is 2.17. The van der Waals surface area contributed by atoms with Gasteiger partial charge in [0.25, 0.3) is 0 Å². The molecule has 1 aliphatic rings. The molecule has 1 aromatic carbocycles. The molecule has 0 aliphatic carbocycles. The molecule has 1 fully saturated rings. The lowest BCUT2D eigenvalue weighted by molar-refractivity contribution is -0.124. The predicted octanol–water partition coefficient (Wildman–Crippen LogP) is 2.56. The molecule has 1 amide bonds. The third kappa shape index (κ3) is 3.96. The predicted molar refractivity (Wildman–Crippen MR) is 83.9 cm³/mol. The summed E-state index contributed by atoms with van der Waals surface area (Å²) in [5.74, 6) is 0.0955. The molecule has 110 valence electrons. The van der Waals surface area contributed by atoms with Crippen LogP contribution in [-0.2, 0) is 16.1 Å². The molecular formula is C15H21BrN2O2. The number of nitrogens with one attached hydrogen (secondary N) is 1. The Morgan fingerprint density at radius 2 is 2.10 bits per heavy atom. The van der Waals surface area contributed by atoms with Crippen LogP contribution in [0, 0.1) is 5.92 Å². The highest BCUT2D eigenvalue weighted by atomic mass is 79.9. The highest BCUT2D eigenvalue weighted by molar-refractivity contribution is 9.10. The van der Waals surface area contributed by atoms with Crippen molar-refractivity contribution in [3.05, 3.63) is 28.2 Å². The standard InChI is InChI=1S/C15H21BrN2O2/c1-11(2)15(19)17-10-12-3-4-13(16)9-14(12)18-5-7-20-8-6-18/h3-4,9,11H,5-8,10H2,1-2H3,(H,17,19). The van der Waals surface area contributed by atoms with Crippen molar-refractivity contribution >= 4 is 27.5 Å². The van der Waals surface area contributed by atoms with E-state index in [0.717, 1.165) is 36.3 Å². The van der Waals surface area contributed by atoms with Crippen LogP contribution in [0.3, 0.4) is 0 Å². The quantitative estimate of drug-likeness (QED) is 0.915. The van der Waals surface area contributed by atoms with Crippen LogP contribution < -0.4 is 10.2 Å². The number of nitrogens with zero attached hydrogens (tertiary/aromatic N) is 1. The van der Waals surface area contributed by atoms with Crippen molar-refractivity contribution in [3.63, 3.8) is 0 Å². The maximum atomic E-state index is 11.7. The number of hydrogen-bond donors (Lipinski definition) is 1. The molecule has 20 heavy (non-hydrogen) atoms. The van der Waals surface area contributed by atoms with Crippen LogP contribution in [0.25, 0.3) is 0 Å². The highest BCUT2D eigenvalue weighted by Crippen LogP contribution is 2.26. The minimum Gasteiger partial charge on any atom is -0.378 e. The first-order valence-corrected chi connectivity index (χ1v) is 7.76. The van der Waals surface area contributed by atoms with Crippen molar-refractivity contribution in [1.29, 1.82) is 0 Å². The van der Waals surface area contributed by atoms with Gasteiger partial charge in [0.1, 0.15) is 0 Å². The van der Waals surface area contributed by atoms with Gasteiger partial charge in [-0.05, 0) is 17.7 Å². The largest absolute Gasteiger partial charge is 0.378 e. The number of ether oxygens (including phenoxy) is 1. The summed E-state index contributed by atoms with van der Waals surface area (Å²) in [6, 6.07) is 6.19. The van der Waals surface area contributed by atoms with Gasteiger partial charge in [-0.2, -0.15) is 0 Å². The van der Waals surface area contributed by atoms with Gasteiger partial charge in [-0.3, -0.25) is 4.79 Å². The number of anilines is 1. The molecule has 0 unspecified atom stereocenters. The van der Waals surface area contributed by atoms with Crippen molar-refractivity contribution < 1.29 is 9.53 Å². The van der Waals surface area contributed by atoms with Crippen molar-refractivity contribution in [3.8, 4) is 0 Å². The van der Waals surface area contributed by atoms with Crippen molar-refractivity contribution in [2.45, 2.75) is 20.4 Å². The molecule has 1 heterocycles. The van der Waals surface area contributed by atoms with E-state index >= 15 is 0 Å². The summed E-state index contributed by atoms with van der Waals surface area (Å²) in [6.45, 7) is 7.66. The Morgan fingerprint density at radius 1 is 1.40 bits per heavy atom. The number of halogens is 1. The van der Waals surface area contributed by atoms with Crippen molar-refractivity contribution in [1.82, 2.24) is 5.32 Å². The molecule has 1 N–H and O–H groups in total. The molecule has 1 saturated heterocycles. The number of hydrogen-bond acceptors (Lipinski definition) is 3. The van der Waals surface area contributed by atoms with Crippen LogP contribution in [0.2, 0.25) is 0 Å². The van der Waals surface area contributed by atoms with Crippen LogP contribution in [0.5, 0.6) is 0 Å². The number of carbonyl (C=O) groups excluding carboxylic acids is 1. The van der Waals surface area contributed by atoms with Crippen LogP contribution >= 0.6 is 15.9 Å². The summed E-state index contributed by atoms with van der Waals surface area (Å²) < 4.78 is 6.45. The van der Waals surface area contributed by atoms with Gasteiger partial charge >= 0.3 is 0 Å². The van der Waals surface area contributed by atoms with E-state index in [1.165, 1.54) is 5.69 Å². The van der Waals surface area contributed by atoms with Crippen LogP contribution in [0.1, 0.15) is 19.4 Å². The Kier molecular flexibility index (Phi) is 5.43. The Labute approximate surface area is 128 Å². The van der Waals surface area contributed by atoms with E-state index < -0.39 is 0 Å². The van der Waals surface area contributed by atoms with E-state index in [0.29, 0.717) is 6.54 Å². The summed E-state index contributed by atoms with van der Waals surface area (Å²) in [6.07, 6.45) is 0. The lowest BCUT2D eigenvalue weighted by atomic mass is 10.1. The van der Waals surface area contributed by atoms with E-state index in [-0.39, 0.29) is 11.8 Å². The van der Waals surface area contributed by atoms with E-state index in [1.54, 1.807) is 0 Å². The molecule has 0 radical (unpaired) electrons. The average Bonchev–Trinajstić information content (AvgIpc) is 2.46. The summed E-state index contributed by atoms with van der Waals surface area (Å²) in [5, 5.41) is 2.99. The van der Waals surface area contributed by atoms with Crippen molar-refractivity contribution in [2.24, 2.45) is 5.92 Å². The van der Waals surface area contributed by atoms with Gasteiger partial charge < -0.3 is 15.0 Å². The lowest BCUT2D eigenvalue weighted by Crippen LogP contribution is -2.37. The number of amides is 1. The molecule has 1 aromatic rings. The Bertz CT molecular complexity index is 471. The lowest BCUT2D eigenvalue weighted by Gasteiger charge is -2.31. The Balaban J connectivity index is 2.12. The summed E-state index contributed by atoms with van der Waals surface area (Å²) >= 11 is 3.52. The van der Waals surface area contributed by atoms with E-state index in [1.807, 2.05) is 19.9 Å². The highest BCUT2D eigenvalue weighted by Gasteiger charge is 2.16. The topological polar surface area (TPSA) is 41.6 Å². The zero-order valence-electron chi connectivity index (χ0n) is 12.0. The summed E-state index contributed by atoms with van der Waals surface area (Å²) in [5.41, 5.74) is 2.32. The number of morpholine rings is 1. The van der Waals surface area contributed by atoms with Gasteiger partial charge in [0.2, 0.25) is 5.91 Å². The van der Waals surface area contributed by atoms with Crippen molar-refractivity contribution in [2.75, 3.05) is 31.2 Å². The van der Waals surface area contributed by atoms with E-state index in [4.69, 9.17) is 4.74 Å². The molecule has 0 spiro atoms. The van der Waals surface area contributed by atoms with Crippen LogP contribution in [-0.4, -0.2) is 32.2 Å². The molecule has 0 bridgehead atoms.